The molecule has 1 N–H and O–H groups in total. The van der Waals surface area contributed by atoms with E-state index in [2.05, 4.69) is 20.5 Å². The number of pyridine rings is 1. The summed E-state index contributed by atoms with van der Waals surface area (Å²) in [5.41, 5.74) is -0.0190. The molecule has 0 unspecified atom stereocenters. The fourth-order valence-corrected chi connectivity index (χ4v) is 1.57. The molecule has 2 aromatic heterocycles. The van der Waals surface area contributed by atoms with Gasteiger partial charge in [-0.25, -0.2) is 4.98 Å². The maximum absolute atomic E-state index is 10.5. The molecule has 0 aromatic carbocycles. The molecule has 0 saturated carbocycles. The summed E-state index contributed by atoms with van der Waals surface area (Å²) in [5, 5.41) is 21.6. The lowest BCUT2D eigenvalue weighted by molar-refractivity contribution is -0.385. The smallest absolute Gasteiger partial charge is 0.287 e. The Labute approximate surface area is 109 Å². The van der Waals surface area contributed by atoms with Crippen LogP contribution in [0.15, 0.2) is 18.3 Å². The van der Waals surface area contributed by atoms with Crippen LogP contribution in [0.25, 0.3) is 0 Å². The van der Waals surface area contributed by atoms with Crippen molar-refractivity contribution in [3.05, 3.63) is 40.1 Å². The summed E-state index contributed by atoms with van der Waals surface area (Å²) in [6, 6.07) is 3.00. The number of rotatable bonds is 5. The van der Waals surface area contributed by atoms with E-state index in [1.54, 1.807) is 6.07 Å². The number of nitrogens with zero attached hydrogens (tertiary/aromatic N) is 5. The van der Waals surface area contributed by atoms with Crippen LogP contribution in [0.4, 0.5) is 11.5 Å². The second-order valence-corrected chi connectivity index (χ2v) is 4.06. The second-order valence-electron chi connectivity index (χ2n) is 4.06. The predicted molar refractivity (Wildman–Crippen MR) is 68.8 cm³/mol. The minimum absolute atomic E-state index is 0.0190. The molecule has 0 aliphatic carbocycles. The van der Waals surface area contributed by atoms with Crippen molar-refractivity contribution < 1.29 is 4.92 Å². The van der Waals surface area contributed by atoms with Crippen LogP contribution in [0.5, 0.6) is 0 Å². The van der Waals surface area contributed by atoms with Gasteiger partial charge in [-0.05, 0) is 13.0 Å². The first kappa shape index (κ1) is 12.9. The number of aryl methyl sites for hydroxylation is 1. The zero-order chi connectivity index (χ0) is 13.8. The van der Waals surface area contributed by atoms with Gasteiger partial charge in [-0.15, -0.1) is 10.2 Å². The van der Waals surface area contributed by atoms with E-state index >= 15 is 0 Å². The number of aromatic nitrogens is 4. The average Bonchev–Trinajstić information content (AvgIpc) is 2.71. The Balaban J connectivity index is 1.89. The molecule has 2 rings (SSSR count). The Morgan fingerprint density at radius 2 is 2.21 bits per heavy atom. The number of hydrogen-bond acceptors (Lipinski definition) is 6. The molecule has 0 aliphatic heterocycles. The van der Waals surface area contributed by atoms with Gasteiger partial charge in [-0.2, -0.15) is 0 Å². The van der Waals surface area contributed by atoms with Gasteiger partial charge in [-0.3, -0.25) is 10.1 Å². The summed E-state index contributed by atoms with van der Waals surface area (Å²) in [4.78, 5) is 14.0. The molecule has 0 spiro atoms. The first-order valence-corrected chi connectivity index (χ1v) is 5.77. The van der Waals surface area contributed by atoms with Gasteiger partial charge < -0.3 is 9.88 Å². The highest BCUT2D eigenvalue weighted by Crippen LogP contribution is 2.11. The summed E-state index contributed by atoms with van der Waals surface area (Å²) < 4.78 is 1.92. The minimum Gasteiger partial charge on any atom is -0.370 e. The molecule has 8 nitrogen and oxygen atoms in total. The summed E-state index contributed by atoms with van der Waals surface area (Å²) in [5.74, 6) is 2.35. The van der Waals surface area contributed by atoms with Gasteiger partial charge >= 0.3 is 0 Å². The topological polar surface area (TPSA) is 98.8 Å². The Hall–Kier alpha value is -2.51. The summed E-state index contributed by atoms with van der Waals surface area (Å²) in [7, 11) is 1.91. The number of nitrogens with one attached hydrogen (secondary N) is 1. The largest absolute Gasteiger partial charge is 0.370 e. The number of nitro groups is 1. The maximum Gasteiger partial charge on any atom is 0.287 e. The molecule has 0 saturated heterocycles. The fourth-order valence-electron chi connectivity index (χ4n) is 1.57. The van der Waals surface area contributed by atoms with Crippen molar-refractivity contribution in [3.63, 3.8) is 0 Å². The lowest BCUT2D eigenvalue weighted by atomic mass is 10.3. The third-order valence-electron chi connectivity index (χ3n) is 2.80. The highest BCUT2D eigenvalue weighted by molar-refractivity contribution is 5.40. The summed E-state index contributed by atoms with van der Waals surface area (Å²) >= 11 is 0. The highest BCUT2D eigenvalue weighted by atomic mass is 16.6. The molecule has 0 radical (unpaired) electrons. The fraction of sp³-hybridized carbons (Fsp3) is 0.364. The summed E-state index contributed by atoms with van der Waals surface area (Å²) in [6.07, 6.45) is 1.94. The lowest BCUT2D eigenvalue weighted by Gasteiger charge is -2.05. The van der Waals surface area contributed by atoms with Crippen molar-refractivity contribution in [2.75, 3.05) is 11.9 Å². The van der Waals surface area contributed by atoms with Crippen LogP contribution in [0.3, 0.4) is 0 Å². The van der Waals surface area contributed by atoms with Crippen molar-refractivity contribution >= 4 is 11.5 Å². The Morgan fingerprint density at radius 1 is 1.42 bits per heavy atom. The first-order valence-electron chi connectivity index (χ1n) is 5.77. The monoisotopic (exact) mass is 262 g/mol. The van der Waals surface area contributed by atoms with Crippen LogP contribution in [0.1, 0.15) is 11.6 Å². The Bertz CT molecular complexity index is 577. The van der Waals surface area contributed by atoms with E-state index in [0.29, 0.717) is 18.8 Å². The Kier molecular flexibility index (Phi) is 3.69. The van der Waals surface area contributed by atoms with E-state index in [9.17, 15) is 10.1 Å². The van der Waals surface area contributed by atoms with Crippen LogP contribution in [0.2, 0.25) is 0 Å². The van der Waals surface area contributed by atoms with Crippen molar-refractivity contribution in [1.82, 2.24) is 19.7 Å². The van der Waals surface area contributed by atoms with E-state index in [4.69, 9.17) is 0 Å². The van der Waals surface area contributed by atoms with Gasteiger partial charge in [0.15, 0.2) is 0 Å². The minimum atomic E-state index is -0.473. The van der Waals surface area contributed by atoms with Gasteiger partial charge in [0.05, 0.1) is 4.92 Å². The lowest BCUT2D eigenvalue weighted by Crippen LogP contribution is -2.10. The molecule has 100 valence electrons. The average molecular weight is 262 g/mol. The van der Waals surface area contributed by atoms with Crippen molar-refractivity contribution in [1.29, 1.82) is 0 Å². The van der Waals surface area contributed by atoms with E-state index in [1.807, 2.05) is 18.5 Å². The van der Waals surface area contributed by atoms with Crippen LogP contribution >= 0.6 is 0 Å². The van der Waals surface area contributed by atoms with Gasteiger partial charge in [0.25, 0.3) is 5.69 Å². The quantitative estimate of drug-likeness (QED) is 0.639. The molecule has 0 atom stereocenters. The summed E-state index contributed by atoms with van der Waals surface area (Å²) in [6.45, 7) is 2.53. The van der Waals surface area contributed by atoms with Crippen LogP contribution in [0, 0.1) is 17.0 Å². The zero-order valence-electron chi connectivity index (χ0n) is 10.7. The van der Waals surface area contributed by atoms with E-state index < -0.39 is 4.92 Å². The van der Waals surface area contributed by atoms with Crippen LogP contribution in [-0.2, 0) is 13.5 Å². The first-order chi connectivity index (χ1) is 9.08. The highest BCUT2D eigenvalue weighted by Gasteiger charge is 2.06. The molecule has 2 aromatic rings. The van der Waals surface area contributed by atoms with Crippen molar-refractivity contribution in [3.8, 4) is 0 Å². The third kappa shape index (κ3) is 3.03. The standard InChI is InChI=1S/C11H14N6O2/c1-8-14-15-11(16(8)2)5-6-12-10-4-3-9(7-13-10)17(18)19/h3-4,7H,5-6H2,1-2H3,(H,12,13). The third-order valence-corrected chi connectivity index (χ3v) is 2.80. The van der Waals surface area contributed by atoms with Gasteiger partial charge in [0.1, 0.15) is 23.7 Å². The van der Waals surface area contributed by atoms with Crippen molar-refractivity contribution in [2.45, 2.75) is 13.3 Å². The molecule has 0 aliphatic rings. The maximum atomic E-state index is 10.5. The second kappa shape index (κ2) is 5.42. The van der Waals surface area contributed by atoms with Crippen molar-refractivity contribution in [2.24, 2.45) is 7.05 Å². The van der Waals surface area contributed by atoms with Gasteiger partial charge in [-0.1, -0.05) is 0 Å². The van der Waals surface area contributed by atoms with Crippen LogP contribution in [-0.4, -0.2) is 31.2 Å². The Morgan fingerprint density at radius 3 is 2.74 bits per heavy atom. The van der Waals surface area contributed by atoms with E-state index in [1.165, 1.54) is 12.3 Å². The molecule has 0 fully saturated rings. The van der Waals surface area contributed by atoms with Gasteiger partial charge in [0.2, 0.25) is 0 Å². The SMILES string of the molecule is Cc1nnc(CCNc2ccc([N+](=O)[O-])cn2)n1C. The molecule has 0 amide bonds. The molecule has 8 heteroatoms. The molecule has 2 heterocycles. The predicted octanol–water partition coefficient (Wildman–Crippen LogP) is 1.08. The molecule has 0 bridgehead atoms. The zero-order valence-corrected chi connectivity index (χ0v) is 10.7. The number of anilines is 1. The van der Waals surface area contributed by atoms with Gasteiger partial charge in [0, 0.05) is 26.1 Å². The molecular formula is C11H14N6O2. The molecular weight excluding hydrogens is 248 g/mol. The normalized spacial score (nSPS) is 10.4. The molecule has 19 heavy (non-hydrogen) atoms. The van der Waals surface area contributed by atoms with E-state index in [0.717, 1.165) is 11.6 Å². The number of hydrogen-bond donors (Lipinski definition) is 1. The van der Waals surface area contributed by atoms with E-state index in [-0.39, 0.29) is 5.69 Å². The van der Waals surface area contributed by atoms with Crippen LogP contribution < -0.4 is 5.32 Å².